The second-order valence-corrected chi connectivity index (χ2v) is 8.08. The van der Waals surface area contributed by atoms with Crippen LogP contribution in [0.5, 0.6) is 11.5 Å². The van der Waals surface area contributed by atoms with Crippen LogP contribution in [0.1, 0.15) is 25.7 Å². The molecule has 7 heteroatoms. The fraction of sp³-hybridized carbons (Fsp3) is 0.278. The summed E-state index contributed by atoms with van der Waals surface area (Å²) in [6.45, 7) is 0. The summed E-state index contributed by atoms with van der Waals surface area (Å²) in [5, 5.41) is 10.6. The maximum Gasteiger partial charge on any atom is 0.344 e. The highest BCUT2D eigenvalue weighted by atomic mass is 32.2. The standard InChI is InChI=1S/C18H16O6S/c19-11-5-7-14-15-8-6-12(10-17(15)23-18(20)16(14)9-11)24-25(21,22)13-3-1-2-4-13/h5-10,13,19H,1-4H2. The van der Waals surface area contributed by atoms with Gasteiger partial charge in [0.1, 0.15) is 17.1 Å². The van der Waals surface area contributed by atoms with E-state index in [2.05, 4.69) is 0 Å². The van der Waals surface area contributed by atoms with E-state index < -0.39 is 21.0 Å². The van der Waals surface area contributed by atoms with Crippen LogP contribution in [0.2, 0.25) is 0 Å². The van der Waals surface area contributed by atoms with E-state index in [-0.39, 0.29) is 22.5 Å². The summed E-state index contributed by atoms with van der Waals surface area (Å²) in [7, 11) is -3.69. The molecule has 0 amide bonds. The minimum atomic E-state index is -3.69. The van der Waals surface area contributed by atoms with Crippen LogP contribution in [0.15, 0.2) is 45.6 Å². The molecule has 1 aliphatic rings. The number of rotatable bonds is 3. The topological polar surface area (TPSA) is 93.8 Å². The van der Waals surface area contributed by atoms with Crippen molar-refractivity contribution in [1.82, 2.24) is 0 Å². The minimum Gasteiger partial charge on any atom is -0.508 e. The van der Waals surface area contributed by atoms with Crippen molar-refractivity contribution in [3.05, 3.63) is 46.8 Å². The van der Waals surface area contributed by atoms with Crippen LogP contribution >= 0.6 is 0 Å². The first-order chi connectivity index (χ1) is 11.9. The minimum absolute atomic E-state index is 0.0261. The lowest BCUT2D eigenvalue weighted by Crippen LogP contribution is -2.23. The molecule has 3 aromatic rings. The van der Waals surface area contributed by atoms with Crippen molar-refractivity contribution in [2.75, 3.05) is 0 Å². The van der Waals surface area contributed by atoms with E-state index in [1.165, 1.54) is 18.2 Å². The quantitative estimate of drug-likeness (QED) is 0.437. The molecular formula is C18H16O6S. The van der Waals surface area contributed by atoms with Crippen molar-refractivity contribution in [1.29, 1.82) is 0 Å². The van der Waals surface area contributed by atoms with Gasteiger partial charge in [-0.15, -0.1) is 0 Å². The Morgan fingerprint density at radius 2 is 1.72 bits per heavy atom. The Hall–Kier alpha value is -2.54. The first kappa shape index (κ1) is 16.0. The summed E-state index contributed by atoms with van der Waals surface area (Å²) < 4.78 is 35.1. The Morgan fingerprint density at radius 1 is 1.00 bits per heavy atom. The maximum absolute atomic E-state index is 12.3. The molecule has 130 valence electrons. The number of aromatic hydroxyl groups is 1. The molecule has 0 unspecified atom stereocenters. The molecule has 1 saturated carbocycles. The highest BCUT2D eigenvalue weighted by Crippen LogP contribution is 2.31. The van der Waals surface area contributed by atoms with E-state index >= 15 is 0 Å². The maximum atomic E-state index is 12.3. The lowest BCUT2D eigenvalue weighted by molar-refractivity contribution is 0.469. The average Bonchev–Trinajstić information content (AvgIpc) is 3.10. The summed E-state index contributed by atoms with van der Waals surface area (Å²) in [5.74, 6) is 0.0995. The Morgan fingerprint density at radius 3 is 2.48 bits per heavy atom. The Bertz CT molecular complexity index is 1120. The smallest absolute Gasteiger partial charge is 0.344 e. The monoisotopic (exact) mass is 360 g/mol. The van der Waals surface area contributed by atoms with Gasteiger partial charge in [0.25, 0.3) is 0 Å². The van der Waals surface area contributed by atoms with Crippen LogP contribution in [0.4, 0.5) is 0 Å². The van der Waals surface area contributed by atoms with Crippen LogP contribution in [0, 0.1) is 0 Å². The van der Waals surface area contributed by atoms with Gasteiger partial charge in [0.15, 0.2) is 0 Å². The Labute approximate surface area is 143 Å². The van der Waals surface area contributed by atoms with Crippen molar-refractivity contribution in [2.24, 2.45) is 0 Å². The van der Waals surface area contributed by atoms with E-state index in [0.29, 0.717) is 23.6 Å². The van der Waals surface area contributed by atoms with E-state index in [1.54, 1.807) is 18.2 Å². The molecule has 25 heavy (non-hydrogen) atoms. The zero-order chi connectivity index (χ0) is 17.6. The van der Waals surface area contributed by atoms with Gasteiger partial charge in [0.2, 0.25) is 0 Å². The van der Waals surface area contributed by atoms with Gasteiger partial charge in [-0.3, -0.25) is 0 Å². The molecule has 1 fully saturated rings. The second kappa shape index (κ2) is 5.77. The Balaban J connectivity index is 1.79. The molecule has 2 aromatic carbocycles. The van der Waals surface area contributed by atoms with E-state index in [1.807, 2.05) is 0 Å². The van der Waals surface area contributed by atoms with Crippen LogP contribution in [0.3, 0.4) is 0 Å². The summed E-state index contributed by atoms with van der Waals surface area (Å²) in [6, 6.07) is 9.05. The predicted molar refractivity (Wildman–Crippen MR) is 93.5 cm³/mol. The lowest BCUT2D eigenvalue weighted by atomic mass is 10.1. The third-order valence-corrected chi connectivity index (χ3v) is 6.30. The second-order valence-electron chi connectivity index (χ2n) is 6.26. The number of fused-ring (bicyclic) bond motifs is 3. The molecular weight excluding hydrogens is 344 g/mol. The van der Waals surface area contributed by atoms with Crippen molar-refractivity contribution < 1.29 is 22.1 Å². The molecule has 1 aliphatic carbocycles. The first-order valence-electron chi connectivity index (χ1n) is 8.07. The molecule has 0 spiro atoms. The number of phenolic OH excluding ortho intramolecular Hbond substituents is 1. The van der Waals surface area contributed by atoms with E-state index in [0.717, 1.165) is 12.8 Å². The molecule has 1 heterocycles. The molecule has 0 radical (unpaired) electrons. The number of phenols is 1. The zero-order valence-corrected chi connectivity index (χ0v) is 14.1. The molecule has 0 saturated heterocycles. The predicted octanol–water partition coefficient (Wildman–Crippen LogP) is 3.30. The van der Waals surface area contributed by atoms with E-state index in [4.69, 9.17) is 8.60 Å². The third kappa shape index (κ3) is 2.84. The SMILES string of the molecule is O=c1oc2cc(OS(=O)(=O)C3CCCC3)ccc2c2ccc(O)cc12. The summed E-state index contributed by atoms with van der Waals surface area (Å²) in [5.41, 5.74) is -0.364. The van der Waals surface area contributed by atoms with Gasteiger partial charge >= 0.3 is 15.7 Å². The molecule has 1 N–H and O–H groups in total. The molecule has 6 nitrogen and oxygen atoms in total. The molecule has 1 aromatic heterocycles. The third-order valence-electron chi connectivity index (χ3n) is 4.59. The van der Waals surface area contributed by atoms with Gasteiger partial charge in [0.05, 0.1) is 10.6 Å². The lowest BCUT2D eigenvalue weighted by Gasteiger charge is -2.12. The fourth-order valence-electron chi connectivity index (χ4n) is 3.33. The zero-order valence-electron chi connectivity index (χ0n) is 13.3. The normalized spacial score (nSPS) is 15.8. The van der Waals surface area contributed by atoms with Crippen molar-refractivity contribution in [3.63, 3.8) is 0 Å². The van der Waals surface area contributed by atoms with Gasteiger partial charge in [-0.1, -0.05) is 12.8 Å². The molecule has 0 bridgehead atoms. The first-order valence-corrected chi connectivity index (χ1v) is 9.54. The van der Waals surface area contributed by atoms with Crippen LogP contribution in [0.25, 0.3) is 21.7 Å². The van der Waals surface area contributed by atoms with E-state index in [9.17, 15) is 18.3 Å². The van der Waals surface area contributed by atoms with Gasteiger partial charge in [-0.25, -0.2) is 4.79 Å². The number of hydrogen-bond donors (Lipinski definition) is 1. The average molecular weight is 360 g/mol. The summed E-state index contributed by atoms with van der Waals surface area (Å²) in [6.07, 6.45) is 3.00. The van der Waals surface area contributed by atoms with Gasteiger partial charge in [-0.2, -0.15) is 8.42 Å². The van der Waals surface area contributed by atoms with Crippen molar-refractivity contribution in [2.45, 2.75) is 30.9 Å². The van der Waals surface area contributed by atoms with Gasteiger partial charge < -0.3 is 13.7 Å². The van der Waals surface area contributed by atoms with Crippen LogP contribution in [-0.4, -0.2) is 18.8 Å². The molecule has 4 rings (SSSR count). The molecule has 0 atom stereocenters. The number of benzene rings is 2. The number of hydrogen-bond acceptors (Lipinski definition) is 6. The van der Waals surface area contributed by atoms with Crippen molar-refractivity contribution >= 4 is 31.9 Å². The van der Waals surface area contributed by atoms with Crippen LogP contribution in [-0.2, 0) is 10.1 Å². The van der Waals surface area contributed by atoms with Gasteiger partial charge in [-0.05, 0) is 43.2 Å². The van der Waals surface area contributed by atoms with Gasteiger partial charge in [0, 0.05) is 16.8 Å². The highest BCUT2D eigenvalue weighted by Gasteiger charge is 2.30. The Kier molecular flexibility index (Phi) is 3.68. The van der Waals surface area contributed by atoms with Crippen LogP contribution < -0.4 is 9.81 Å². The fourth-order valence-corrected chi connectivity index (χ4v) is 4.75. The molecule has 0 aliphatic heterocycles. The largest absolute Gasteiger partial charge is 0.508 e. The summed E-state index contributed by atoms with van der Waals surface area (Å²) >= 11 is 0. The summed E-state index contributed by atoms with van der Waals surface area (Å²) in [4.78, 5) is 12.1. The van der Waals surface area contributed by atoms with Crippen molar-refractivity contribution in [3.8, 4) is 11.5 Å². The highest BCUT2D eigenvalue weighted by molar-refractivity contribution is 7.87.